The van der Waals surface area contributed by atoms with Crippen molar-refractivity contribution in [2.45, 2.75) is 76.2 Å². The quantitative estimate of drug-likeness (QED) is 0.346. The first-order valence-electron chi connectivity index (χ1n) is 11.7. The number of aliphatic hydroxyl groups excluding tert-OH is 2. The second kappa shape index (κ2) is 11.4. The molecule has 0 bridgehead atoms. The third-order valence-electron chi connectivity index (χ3n) is 5.94. The number of aromatic nitrogens is 1. The summed E-state index contributed by atoms with van der Waals surface area (Å²) < 4.78 is 6.77. The van der Waals surface area contributed by atoms with E-state index in [1.165, 1.54) is 30.0 Å². The topological polar surface area (TPSA) is 148 Å². The highest BCUT2D eigenvalue weighted by molar-refractivity contribution is 7.98. The van der Waals surface area contributed by atoms with Crippen LogP contribution in [-0.4, -0.2) is 50.3 Å². The van der Waals surface area contributed by atoms with E-state index in [-0.39, 0.29) is 41.3 Å². The number of aliphatic hydroxyl groups is 2. The Morgan fingerprint density at radius 1 is 1.31 bits per heavy atom. The minimum Gasteiger partial charge on any atom is -0.394 e. The number of benzene rings is 1. The number of hydrogen-bond acceptors (Lipinski definition) is 8. The first-order valence-corrected chi connectivity index (χ1v) is 12.9. The molecule has 192 valence electrons. The summed E-state index contributed by atoms with van der Waals surface area (Å²) in [6.45, 7) is 5.19. The maximum Gasteiger partial charge on any atom is 0.297 e. The van der Waals surface area contributed by atoms with Gasteiger partial charge in [0.25, 0.3) is 17.2 Å². The van der Waals surface area contributed by atoms with Crippen molar-refractivity contribution in [3.05, 3.63) is 55.6 Å². The van der Waals surface area contributed by atoms with Crippen LogP contribution in [-0.2, 0) is 11.2 Å². The molecule has 1 aliphatic carbocycles. The van der Waals surface area contributed by atoms with Crippen LogP contribution in [0, 0.1) is 10.1 Å². The fourth-order valence-electron chi connectivity index (χ4n) is 4.13. The smallest absolute Gasteiger partial charge is 0.297 e. The van der Waals surface area contributed by atoms with E-state index in [4.69, 9.17) is 9.63 Å². The summed E-state index contributed by atoms with van der Waals surface area (Å²) in [6, 6.07) is 4.04. The molecule has 1 amide bonds. The highest BCUT2D eigenvalue weighted by Gasteiger charge is 2.31. The van der Waals surface area contributed by atoms with E-state index in [9.17, 15) is 24.8 Å². The molecule has 10 nitrogen and oxygen atoms in total. The summed E-state index contributed by atoms with van der Waals surface area (Å²) in [4.78, 5) is 37.3. The van der Waals surface area contributed by atoms with Gasteiger partial charge >= 0.3 is 0 Å². The van der Waals surface area contributed by atoms with Gasteiger partial charge < -0.3 is 20.1 Å². The Labute approximate surface area is 207 Å². The van der Waals surface area contributed by atoms with E-state index in [2.05, 4.69) is 5.32 Å². The Morgan fingerprint density at radius 3 is 2.60 bits per heavy atom. The molecule has 3 N–H and O–H groups in total. The fraction of sp³-hybridized carbons (Fsp3) is 0.583. The molecule has 1 fully saturated rings. The SMILES string of the molecule is CC(C)(C)c1on(-c2ccc(C(=O)NC3CCCCC3)cc2[N+](=O)[O-])c(=O)c1CSCC(O)CO. The highest BCUT2D eigenvalue weighted by atomic mass is 32.2. The van der Waals surface area contributed by atoms with Crippen LogP contribution in [0.4, 0.5) is 5.69 Å². The minimum atomic E-state index is -0.916. The number of amides is 1. The van der Waals surface area contributed by atoms with Crippen LogP contribution in [0.1, 0.15) is 74.6 Å². The molecule has 1 atom stereocenters. The number of carbonyl (C=O) groups excluding carboxylic acids is 1. The average Bonchev–Trinajstić information content (AvgIpc) is 3.15. The molecule has 0 saturated heterocycles. The first-order chi connectivity index (χ1) is 16.5. The van der Waals surface area contributed by atoms with Crippen molar-refractivity contribution >= 4 is 23.4 Å². The maximum atomic E-state index is 13.3. The van der Waals surface area contributed by atoms with Gasteiger partial charge in [0.2, 0.25) is 0 Å². The first kappa shape index (κ1) is 27.0. The molecule has 0 aliphatic heterocycles. The molecule has 35 heavy (non-hydrogen) atoms. The second-order valence-corrected chi connectivity index (χ2v) is 10.9. The van der Waals surface area contributed by atoms with Gasteiger partial charge in [-0.25, -0.2) is 0 Å². The zero-order valence-corrected chi connectivity index (χ0v) is 21.1. The molecular weight excluding hydrogens is 474 g/mol. The molecular formula is C24H33N3O7S. The lowest BCUT2D eigenvalue weighted by atomic mass is 9.91. The van der Waals surface area contributed by atoms with Crippen molar-refractivity contribution < 1.29 is 24.5 Å². The van der Waals surface area contributed by atoms with Crippen LogP contribution in [0.25, 0.3) is 5.69 Å². The third-order valence-corrected chi connectivity index (χ3v) is 7.05. The van der Waals surface area contributed by atoms with Crippen molar-refractivity contribution in [1.82, 2.24) is 10.1 Å². The Kier molecular flexibility index (Phi) is 8.79. The number of carbonyl (C=O) groups is 1. The van der Waals surface area contributed by atoms with Crippen molar-refractivity contribution in [2.75, 3.05) is 12.4 Å². The Balaban J connectivity index is 1.96. The lowest BCUT2D eigenvalue weighted by Gasteiger charge is -2.22. The number of rotatable bonds is 9. The van der Waals surface area contributed by atoms with Crippen LogP contribution in [0.5, 0.6) is 0 Å². The van der Waals surface area contributed by atoms with Crippen LogP contribution < -0.4 is 10.9 Å². The molecule has 1 aromatic carbocycles. The highest BCUT2D eigenvalue weighted by Crippen LogP contribution is 2.31. The molecule has 1 unspecified atom stereocenters. The fourth-order valence-corrected chi connectivity index (χ4v) is 5.09. The molecule has 0 radical (unpaired) electrons. The zero-order chi connectivity index (χ0) is 25.8. The third kappa shape index (κ3) is 6.53. The molecule has 1 heterocycles. The zero-order valence-electron chi connectivity index (χ0n) is 20.3. The van der Waals surface area contributed by atoms with Gasteiger partial charge in [-0.15, -0.1) is 4.74 Å². The van der Waals surface area contributed by atoms with Crippen LogP contribution in [0.3, 0.4) is 0 Å². The monoisotopic (exact) mass is 507 g/mol. The molecule has 2 aromatic rings. The number of nitrogens with zero attached hydrogens (tertiary/aromatic N) is 2. The van der Waals surface area contributed by atoms with Gasteiger partial charge in [0.1, 0.15) is 5.76 Å². The van der Waals surface area contributed by atoms with E-state index in [1.807, 2.05) is 20.8 Å². The summed E-state index contributed by atoms with van der Waals surface area (Å²) in [7, 11) is 0. The summed E-state index contributed by atoms with van der Waals surface area (Å²) in [5.41, 5.74) is -1.09. The van der Waals surface area contributed by atoms with Crippen molar-refractivity contribution in [3.63, 3.8) is 0 Å². The molecule has 1 saturated carbocycles. The summed E-state index contributed by atoms with van der Waals surface area (Å²) >= 11 is 1.26. The van der Waals surface area contributed by atoms with E-state index >= 15 is 0 Å². The number of hydrogen-bond donors (Lipinski definition) is 3. The van der Waals surface area contributed by atoms with E-state index in [1.54, 1.807) is 0 Å². The summed E-state index contributed by atoms with van der Waals surface area (Å²) in [6.07, 6.45) is 4.09. The van der Waals surface area contributed by atoms with Gasteiger partial charge in [0.05, 0.1) is 23.2 Å². The predicted octanol–water partition coefficient (Wildman–Crippen LogP) is 3.29. The minimum absolute atomic E-state index is 0.0569. The molecule has 11 heteroatoms. The van der Waals surface area contributed by atoms with Gasteiger partial charge in [0, 0.05) is 34.6 Å². The van der Waals surface area contributed by atoms with Gasteiger partial charge in [-0.3, -0.25) is 19.7 Å². The Hall–Kier alpha value is -2.63. The van der Waals surface area contributed by atoms with Gasteiger partial charge in [-0.05, 0) is 25.0 Å². The van der Waals surface area contributed by atoms with Crippen LogP contribution >= 0.6 is 11.8 Å². The average molecular weight is 508 g/mol. The largest absolute Gasteiger partial charge is 0.394 e. The van der Waals surface area contributed by atoms with Gasteiger partial charge in [-0.2, -0.15) is 11.8 Å². The summed E-state index contributed by atoms with van der Waals surface area (Å²) in [5.74, 6) is 0.416. The number of nitro benzene ring substituents is 1. The maximum absolute atomic E-state index is 13.3. The van der Waals surface area contributed by atoms with Crippen LogP contribution in [0.2, 0.25) is 0 Å². The van der Waals surface area contributed by atoms with Gasteiger partial charge in [0.15, 0.2) is 5.69 Å². The number of nitro groups is 1. The molecule has 1 aromatic heterocycles. The predicted molar refractivity (Wildman–Crippen MR) is 133 cm³/mol. The van der Waals surface area contributed by atoms with E-state index in [0.29, 0.717) is 11.3 Å². The molecule has 1 aliphatic rings. The van der Waals surface area contributed by atoms with Crippen molar-refractivity contribution in [3.8, 4) is 5.69 Å². The standard InChI is InChI=1S/C24H33N3O7S/c1-24(2,3)21-18(14-35-13-17(29)12-28)23(31)26(34-21)19-10-9-15(11-20(19)27(32)33)22(30)25-16-7-5-4-6-8-16/h9-11,16-17,28-29H,4-8,12-14H2,1-3H3,(H,25,30). The number of nitrogens with one attached hydrogen (secondary N) is 1. The van der Waals surface area contributed by atoms with Crippen molar-refractivity contribution in [1.29, 1.82) is 0 Å². The Morgan fingerprint density at radius 2 is 2.00 bits per heavy atom. The Bertz CT molecular complexity index is 1110. The number of thioether (sulfide) groups is 1. The van der Waals surface area contributed by atoms with Gasteiger partial charge in [-0.1, -0.05) is 40.0 Å². The van der Waals surface area contributed by atoms with E-state index < -0.39 is 27.7 Å². The summed E-state index contributed by atoms with van der Waals surface area (Å²) in [5, 5.41) is 33.5. The lowest BCUT2D eigenvalue weighted by Crippen LogP contribution is -2.36. The van der Waals surface area contributed by atoms with Crippen LogP contribution in [0.15, 0.2) is 27.5 Å². The normalized spacial score (nSPS) is 15.7. The second-order valence-electron chi connectivity index (χ2n) is 9.87. The van der Waals surface area contributed by atoms with E-state index in [0.717, 1.165) is 36.8 Å². The lowest BCUT2D eigenvalue weighted by molar-refractivity contribution is -0.384. The molecule has 0 spiro atoms. The van der Waals surface area contributed by atoms with Crippen molar-refractivity contribution in [2.24, 2.45) is 0 Å². The molecule has 3 rings (SSSR count).